The molecule has 7 heteroatoms. The van der Waals surface area contributed by atoms with Crippen molar-refractivity contribution in [2.75, 3.05) is 11.9 Å². The minimum Gasteiger partial charge on any atom is -0.433 e. The van der Waals surface area contributed by atoms with E-state index in [0.717, 1.165) is 12.8 Å². The van der Waals surface area contributed by atoms with Crippen LogP contribution in [0.25, 0.3) is 0 Å². The van der Waals surface area contributed by atoms with E-state index in [1.807, 2.05) is 0 Å². The van der Waals surface area contributed by atoms with Gasteiger partial charge in [0.1, 0.15) is 5.75 Å². The third kappa shape index (κ3) is 4.55. The fourth-order valence-corrected chi connectivity index (χ4v) is 1.72. The van der Waals surface area contributed by atoms with E-state index in [-0.39, 0.29) is 23.2 Å². The molecular formula is C12H13ClF2N2O2. The van der Waals surface area contributed by atoms with E-state index >= 15 is 0 Å². The van der Waals surface area contributed by atoms with Crippen molar-refractivity contribution in [3.05, 3.63) is 23.2 Å². The van der Waals surface area contributed by atoms with Crippen molar-refractivity contribution in [1.82, 2.24) is 5.32 Å². The third-order valence-corrected chi connectivity index (χ3v) is 2.84. The number of rotatable bonds is 6. The van der Waals surface area contributed by atoms with Crippen molar-refractivity contribution >= 4 is 23.2 Å². The van der Waals surface area contributed by atoms with Gasteiger partial charge in [-0.15, -0.1) is 0 Å². The highest BCUT2D eigenvalue weighted by atomic mass is 35.5. The highest BCUT2D eigenvalue weighted by Gasteiger charge is 2.22. The van der Waals surface area contributed by atoms with Gasteiger partial charge >= 0.3 is 6.61 Å². The average molecular weight is 291 g/mol. The van der Waals surface area contributed by atoms with Gasteiger partial charge in [-0.2, -0.15) is 8.78 Å². The fourth-order valence-electron chi connectivity index (χ4n) is 1.49. The zero-order valence-electron chi connectivity index (χ0n) is 9.96. The lowest BCUT2D eigenvalue weighted by Crippen LogP contribution is -2.31. The van der Waals surface area contributed by atoms with Gasteiger partial charge in [-0.3, -0.25) is 4.79 Å². The topological polar surface area (TPSA) is 50.4 Å². The molecule has 4 nitrogen and oxygen atoms in total. The van der Waals surface area contributed by atoms with Gasteiger partial charge in [0.05, 0.1) is 11.6 Å². The van der Waals surface area contributed by atoms with Crippen LogP contribution in [0, 0.1) is 0 Å². The molecule has 0 aromatic heterocycles. The van der Waals surface area contributed by atoms with Gasteiger partial charge in [-0.25, -0.2) is 0 Å². The maximum Gasteiger partial charge on any atom is 0.387 e. The SMILES string of the molecule is O=C(CNc1ccc(OC(F)F)c(Cl)c1)NC1CC1. The predicted octanol–water partition coefficient (Wildman–Crippen LogP) is 2.63. The minimum atomic E-state index is -2.92. The molecule has 0 unspecified atom stereocenters. The fraction of sp³-hybridized carbons (Fsp3) is 0.417. The molecule has 1 fully saturated rings. The van der Waals surface area contributed by atoms with E-state index in [2.05, 4.69) is 15.4 Å². The molecule has 0 spiro atoms. The highest BCUT2D eigenvalue weighted by molar-refractivity contribution is 6.32. The van der Waals surface area contributed by atoms with Crippen LogP contribution in [0.4, 0.5) is 14.5 Å². The first kappa shape index (κ1) is 13.9. The third-order valence-electron chi connectivity index (χ3n) is 2.54. The average Bonchev–Trinajstić information content (AvgIpc) is 3.13. The molecule has 0 saturated heterocycles. The number of hydrogen-bond acceptors (Lipinski definition) is 3. The summed E-state index contributed by atoms with van der Waals surface area (Å²) in [5, 5.41) is 5.74. The number of anilines is 1. The van der Waals surface area contributed by atoms with E-state index in [4.69, 9.17) is 11.6 Å². The first-order valence-electron chi connectivity index (χ1n) is 5.82. The molecule has 2 N–H and O–H groups in total. The van der Waals surface area contributed by atoms with Gasteiger partial charge in [0.2, 0.25) is 5.91 Å². The smallest absolute Gasteiger partial charge is 0.387 e. The number of amides is 1. The monoisotopic (exact) mass is 290 g/mol. The van der Waals surface area contributed by atoms with E-state index < -0.39 is 6.61 Å². The Morgan fingerprint density at radius 2 is 2.21 bits per heavy atom. The van der Waals surface area contributed by atoms with Crippen LogP contribution < -0.4 is 15.4 Å². The van der Waals surface area contributed by atoms with Gasteiger partial charge < -0.3 is 15.4 Å². The Morgan fingerprint density at radius 3 is 2.79 bits per heavy atom. The summed E-state index contributed by atoms with van der Waals surface area (Å²) < 4.78 is 28.3. The molecule has 1 aromatic carbocycles. The Morgan fingerprint density at radius 1 is 1.47 bits per heavy atom. The van der Waals surface area contributed by atoms with Gasteiger partial charge in [0.25, 0.3) is 0 Å². The number of carbonyl (C=O) groups is 1. The van der Waals surface area contributed by atoms with E-state index in [1.54, 1.807) is 0 Å². The first-order valence-corrected chi connectivity index (χ1v) is 6.20. The van der Waals surface area contributed by atoms with Crippen LogP contribution in [0.15, 0.2) is 18.2 Å². The van der Waals surface area contributed by atoms with E-state index in [9.17, 15) is 13.6 Å². The van der Waals surface area contributed by atoms with Gasteiger partial charge in [-0.1, -0.05) is 11.6 Å². The zero-order valence-corrected chi connectivity index (χ0v) is 10.7. The van der Waals surface area contributed by atoms with Crippen molar-refractivity contribution in [1.29, 1.82) is 0 Å². The molecule has 0 aliphatic heterocycles. The molecule has 19 heavy (non-hydrogen) atoms. The van der Waals surface area contributed by atoms with Crippen LogP contribution in [0.5, 0.6) is 5.75 Å². The number of hydrogen-bond donors (Lipinski definition) is 2. The molecule has 0 bridgehead atoms. The molecular weight excluding hydrogens is 278 g/mol. The minimum absolute atomic E-state index is 0.0629. The van der Waals surface area contributed by atoms with Gasteiger partial charge in [-0.05, 0) is 31.0 Å². The van der Waals surface area contributed by atoms with Gasteiger partial charge in [0.15, 0.2) is 0 Å². The number of alkyl halides is 2. The quantitative estimate of drug-likeness (QED) is 0.847. The summed E-state index contributed by atoms with van der Waals surface area (Å²) in [4.78, 5) is 11.4. The molecule has 0 radical (unpaired) electrons. The zero-order chi connectivity index (χ0) is 13.8. The Balaban J connectivity index is 1.86. The molecule has 2 rings (SSSR count). The number of carbonyl (C=O) groups excluding carboxylic acids is 1. The summed E-state index contributed by atoms with van der Waals surface area (Å²) in [6.07, 6.45) is 2.05. The standard InChI is InChI=1S/C12H13ClF2N2O2/c13-9-5-8(3-4-10(9)19-12(14)15)16-6-11(18)17-7-1-2-7/h3-5,7,12,16H,1-2,6H2,(H,17,18). The van der Waals surface area contributed by atoms with Crippen molar-refractivity contribution in [2.24, 2.45) is 0 Å². The van der Waals surface area contributed by atoms with Crippen LogP contribution in [-0.4, -0.2) is 25.1 Å². The second-order valence-electron chi connectivity index (χ2n) is 4.22. The second-order valence-corrected chi connectivity index (χ2v) is 4.63. The Labute approximate surface area is 114 Å². The molecule has 1 aromatic rings. The van der Waals surface area contributed by atoms with Crippen LogP contribution >= 0.6 is 11.6 Å². The normalized spacial score (nSPS) is 14.3. The summed E-state index contributed by atoms with van der Waals surface area (Å²) in [5.74, 6) is -0.198. The van der Waals surface area contributed by atoms with Gasteiger partial charge in [0, 0.05) is 11.7 Å². The second kappa shape index (κ2) is 6.06. The molecule has 104 valence electrons. The molecule has 1 aliphatic carbocycles. The Kier molecular flexibility index (Phi) is 4.42. The molecule has 1 aliphatic rings. The largest absolute Gasteiger partial charge is 0.433 e. The Hall–Kier alpha value is -1.56. The van der Waals surface area contributed by atoms with Crippen LogP contribution in [0.1, 0.15) is 12.8 Å². The van der Waals surface area contributed by atoms with E-state index in [0.29, 0.717) is 11.7 Å². The van der Waals surface area contributed by atoms with Crippen molar-refractivity contribution in [3.8, 4) is 5.75 Å². The lowest BCUT2D eigenvalue weighted by molar-refractivity contribution is -0.119. The van der Waals surface area contributed by atoms with Crippen LogP contribution in [-0.2, 0) is 4.79 Å². The van der Waals surface area contributed by atoms with Crippen molar-refractivity contribution in [3.63, 3.8) is 0 Å². The predicted molar refractivity (Wildman–Crippen MR) is 67.7 cm³/mol. The van der Waals surface area contributed by atoms with Crippen LogP contribution in [0.3, 0.4) is 0 Å². The maximum atomic E-state index is 12.0. The molecule has 1 saturated carbocycles. The summed E-state index contributed by atoms with van der Waals surface area (Å²) in [6.45, 7) is -2.80. The summed E-state index contributed by atoms with van der Waals surface area (Å²) in [7, 11) is 0. The first-order chi connectivity index (χ1) is 9.04. The lowest BCUT2D eigenvalue weighted by Gasteiger charge is -2.10. The summed E-state index contributed by atoms with van der Waals surface area (Å²) in [6, 6.07) is 4.59. The molecule has 0 heterocycles. The summed E-state index contributed by atoms with van der Waals surface area (Å²) >= 11 is 5.78. The number of nitrogens with one attached hydrogen (secondary N) is 2. The maximum absolute atomic E-state index is 12.0. The Bertz CT molecular complexity index is 467. The highest BCUT2D eigenvalue weighted by Crippen LogP contribution is 2.28. The molecule has 0 atom stereocenters. The van der Waals surface area contributed by atoms with Crippen molar-refractivity contribution < 1.29 is 18.3 Å². The number of halogens is 3. The summed E-state index contributed by atoms with van der Waals surface area (Å²) in [5.41, 5.74) is 0.567. The van der Waals surface area contributed by atoms with Crippen LogP contribution in [0.2, 0.25) is 5.02 Å². The number of ether oxygens (including phenoxy) is 1. The lowest BCUT2D eigenvalue weighted by atomic mass is 10.3. The molecule has 1 amide bonds. The number of benzene rings is 1. The van der Waals surface area contributed by atoms with E-state index in [1.165, 1.54) is 18.2 Å². The van der Waals surface area contributed by atoms with Crippen molar-refractivity contribution in [2.45, 2.75) is 25.5 Å².